The second-order valence-corrected chi connectivity index (χ2v) is 10.0. The van der Waals surface area contributed by atoms with Crippen LogP contribution in [0.15, 0.2) is 12.5 Å². The number of nitrogens with zero attached hydrogens (tertiary/aromatic N) is 1. The molecule has 22 heteroatoms. The highest BCUT2D eigenvalue weighted by Crippen LogP contribution is 2.04. The topological polar surface area (TPSA) is 381 Å². The van der Waals surface area contributed by atoms with Crippen LogP contribution >= 0.6 is 0 Å². The number of hydrogen-bond donors (Lipinski definition) is 12. The van der Waals surface area contributed by atoms with Gasteiger partial charge in [-0.25, -0.2) is 9.78 Å². The largest absolute Gasteiger partial charge is 0.481 e. The third kappa shape index (κ3) is 15.3. The van der Waals surface area contributed by atoms with E-state index in [0.29, 0.717) is 5.69 Å². The molecule has 15 N–H and O–H groups in total. The van der Waals surface area contributed by atoms with Crippen molar-refractivity contribution in [3.8, 4) is 0 Å². The molecule has 0 saturated carbocycles. The fourth-order valence-corrected chi connectivity index (χ4v) is 3.74. The van der Waals surface area contributed by atoms with Crippen LogP contribution in [0.3, 0.4) is 0 Å². The van der Waals surface area contributed by atoms with Crippen LogP contribution in [-0.4, -0.2) is 122 Å². The quantitative estimate of drug-likeness (QED) is 0.0546. The van der Waals surface area contributed by atoms with Crippen LogP contribution in [-0.2, 0) is 49.6 Å². The number of rotatable bonds is 22. The van der Waals surface area contributed by atoms with Crippen molar-refractivity contribution in [2.24, 2.45) is 17.2 Å². The summed E-state index contributed by atoms with van der Waals surface area (Å²) >= 11 is 0. The molecule has 0 spiro atoms. The number of nitrogens with one attached hydrogen (secondary N) is 6. The number of hydrogen-bond acceptors (Lipinski definition) is 12. The maximum atomic E-state index is 13.2. The van der Waals surface area contributed by atoms with E-state index in [1.54, 1.807) is 0 Å². The molecule has 22 nitrogen and oxygen atoms in total. The predicted molar refractivity (Wildman–Crippen MR) is 155 cm³/mol. The minimum atomic E-state index is -1.74. The fraction of sp³-hybridized carbons (Fsp3) is 0.520. The van der Waals surface area contributed by atoms with Gasteiger partial charge in [0, 0.05) is 31.2 Å². The number of aliphatic carboxylic acids is 2. The van der Waals surface area contributed by atoms with E-state index in [1.807, 2.05) is 0 Å². The van der Waals surface area contributed by atoms with Gasteiger partial charge >= 0.3 is 11.9 Å². The van der Waals surface area contributed by atoms with Crippen LogP contribution in [0, 0.1) is 0 Å². The molecular formula is C25H38N10O12. The van der Waals surface area contributed by atoms with Crippen LogP contribution in [0.1, 0.15) is 37.8 Å². The van der Waals surface area contributed by atoms with Crippen molar-refractivity contribution in [2.75, 3.05) is 13.2 Å². The first-order valence-electron chi connectivity index (χ1n) is 13.9. The van der Waals surface area contributed by atoms with Crippen molar-refractivity contribution < 1.29 is 58.5 Å². The van der Waals surface area contributed by atoms with Crippen LogP contribution in [0.2, 0.25) is 0 Å². The van der Waals surface area contributed by atoms with Crippen LogP contribution in [0.4, 0.5) is 0 Å². The van der Waals surface area contributed by atoms with Gasteiger partial charge < -0.3 is 64.1 Å². The minimum Gasteiger partial charge on any atom is -0.481 e. The lowest BCUT2D eigenvalue weighted by Gasteiger charge is -2.25. The maximum absolute atomic E-state index is 13.2. The van der Waals surface area contributed by atoms with E-state index in [2.05, 4.69) is 36.6 Å². The van der Waals surface area contributed by atoms with Crippen molar-refractivity contribution >= 4 is 53.3 Å². The van der Waals surface area contributed by atoms with Crippen LogP contribution < -0.4 is 43.8 Å². The molecular weight excluding hydrogens is 632 g/mol. The molecule has 1 heterocycles. The zero-order valence-electron chi connectivity index (χ0n) is 24.9. The monoisotopic (exact) mass is 670 g/mol. The van der Waals surface area contributed by atoms with Crippen LogP contribution in [0.25, 0.3) is 0 Å². The van der Waals surface area contributed by atoms with E-state index in [4.69, 9.17) is 22.3 Å². The molecule has 1 aromatic rings. The van der Waals surface area contributed by atoms with Gasteiger partial charge in [0.25, 0.3) is 0 Å². The first kappa shape index (κ1) is 39.4. The third-order valence-corrected chi connectivity index (χ3v) is 6.21. The summed E-state index contributed by atoms with van der Waals surface area (Å²) in [5.74, 6) is -9.77. The van der Waals surface area contributed by atoms with Crippen molar-refractivity contribution in [1.82, 2.24) is 36.6 Å². The fourth-order valence-electron chi connectivity index (χ4n) is 3.74. The van der Waals surface area contributed by atoms with Gasteiger partial charge in [-0.3, -0.25) is 38.4 Å². The number of aromatic nitrogens is 2. The first-order chi connectivity index (χ1) is 22.0. The number of amides is 7. The number of primary amides is 2. The number of aromatic amines is 1. The van der Waals surface area contributed by atoms with Gasteiger partial charge in [-0.15, -0.1) is 0 Å². The Morgan fingerprint density at radius 1 is 0.766 bits per heavy atom. The van der Waals surface area contributed by atoms with Crippen molar-refractivity contribution in [2.45, 2.75) is 68.7 Å². The number of carbonyl (C=O) groups is 9. The number of aliphatic hydroxyl groups is 1. The molecule has 0 fully saturated rings. The number of imidazole rings is 1. The Morgan fingerprint density at radius 2 is 1.38 bits per heavy atom. The molecule has 0 unspecified atom stereocenters. The van der Waals surface area contributed by atoms with E-state index in [-0.39, 0.29) is 25.7 Å². The molecule has 47 heavy (non-hydrogen) atoms. The zero-order valence-corrected chi connectivity index (χ0v) is 24.9. The summed E-state index contributed by atoms with van der Waals surface area (Å²) in [5.41, 5.74) is 16.3. The SMILES string of the molecule is NC(=O)CC[C@H](NC(=O)CNC(=O)[C@H](CO)NC(=O)[C@H](CC(N)=O)NC(=O)[C@H](Cc1cnc[nH]1)NC(=O)[C@@H](N)CCC(=O)O)C(=O)O. The lowest BCUT2D eigenvalue weighted by Crippen LogP contribution is -2.59. The molecule has 5 atom stereocenters. The Balaban J connectivity index is 2.96. The van der Waals surface area contributed by atoms with Gasteiger partial charge in [0.15, 0.2) is 0 Å². The van der Waals surface area contributed by atoms with E-state index >= 15 is 0 Å². The summed E-state index contributed by atoms with van der Waals surface area (Å²) < 4.78 is 0. The molecule has 0 aliphatic carbocycles. The predicted octanol–water partition coefficient (Wildman–Crippen LogP) is -6.58. The molecule has 1 aromatic heterocycles. The second kappa shape index (κ2) is 19.7. The van der Waals surface area contributed by atoms with Crippen molar-refractivity contribution in [3.63, 3.8) is 0 Å². The number of carboxylic acids is 2. The van der Waals surface area contributed by atoms with Crippen molar-refractivity contribution in [3.05, 3.63) is 18.2 Å². The number of nitrogens with two attached hydrogens (primary N) is 3. The third-order valence-electron chi connectivity index (χ3n) is 6.21. The summed E-state index contributed by atoms with van der Waals surface area (Å²) in [4.78, 5) is 115. The molecule has 0 saturated heterocycles. The Kier molecular flexibility index (Phi) is 16.5. The first-order valence-corrected chi connectivity index (χ1v) is 13.9. The van der Waals surface area contributed by atoms with E-state index in [1.165, 1.54) is 12.5 Å². The van der Waals surface area contributed by atoms with Gasteiger partial charge in [-0.2, -0.15) is 0 Å². The summed E-state index contributed by atoms with van der Waals surface area (Å²) in [6, 6.07) is -7.73. The van der Waals surface area contributed by atoms with Gasteiger partial charge in [0.05, 0.1) is 31.9 Å². The summed E-state index contributed by atoms with van der Waals surface area (Å²) in [7, 11) is 0. The highest BCUT2D eigenvalue weighted by molar-refractivity contribution is 5.97. The molecule has 0 aliphatic heterocycles. The number of H-pyrrole nitrogens is 1. The summed E-state index contributed by atoms with van der Waals surface area (Å²) in [6.07, 6.45) is 0.237. The smallest absolute Gasteiger partial charge is 0.326 e. The number of aliphatic hydroxyl groups excluding tert-OH is 1. The van der Waals surface area contributed by atoms with E-state index in [9.17, 15) is 53.4 Å². The molecule has 1 rings (SSSR count). The molecule has 0 aromatic carbocycles. The molecule has 0 bridgehead atoms. The normalized spacial score (nSPS) is 13.8. The van der Waals surface area contributed by atoms with Crippen molar-refractivity contribution in [1.29, 1.82) is 0 Å². The lowest BCUT2D eigenvalue weighted by molar-refractivity contribution is -0.142. The molecule has 260 valence electrons. The average Bonchev–Trinajstić information content (AvgIpc) is 3.51. The van der Waals surface area contributed by atoms with Crippen LogP contribution in [0.5, 0.6) is 0 Å². The molecule has 0 radical (unpaired) electrons. The molecule has 0 aliphatic rings. The number of carboxylic acid groups (broad SMARTS) is 2. The maximum Gasteiger partial charge on any atom is 0.326 e. The standard InChI is InChI=1S/C25H38N10O12/c26-12(1-4-20(40)41)21(42)33-14(5-11-7-29-10-31-11)23(44)34-15(6-18(28)38)24(45)35-16(9-36)22(43)30-8-19(39)32-13(25(46)47)2-3-17(27)37/h7,10,12-16,36H,1-6,8-9,26H2,(H2,27,37)(H2,28,38)(H,29,31)(H,30,43)(H,32,39)(H,33,42)(H,34,44)(H,35,45)(H,40,41)(H,46,47)/t12-,13-,14-,15-,16-/m0/s1. The Hall–Kier alpha value is -5.64. The van der Waals surface area contributed by atoms with Gasteiger partial charge in [0.1, 0.15) is 24.2 Å². The number of carbonyl (C=O) groups excluding carboxylic acids is 7. The summed E-state index contributed by atoms with van der Waals surface area (Å²) in [6.45, 7) is -1.84. The lowest BCUT2D eigenvalue weighted by atomic mass is 10.1. The van der Waals surface area contributed by atoms with E-state index < -0.39 is 109 Å². The summed E-state index contributed by atoms with van der Waals surface area (Å²) in [5, 5.41) is 38.5. The van der Waals surface area contributed by atoms with E-state index in [0.717, 1.165) is 0 Å². The highest BCUT2D eigenvalue weighted by atomic mass is 16.4. The van der Waals surface area contributed by atoms with Gasteiger partial charge in [-0.05, 0) is 12.8 Å². The second-order valence-electron chi connectivity index (χ2n) is 10.0. The highest BCUT2D eigenvalue weighted by Gasteiger charge is 2.32. The molecule has 7 amide bonds. The van der Waals surface area contributed by atoms with Gasteiger partial charge in [0.2, 0.25) is 41.4 Å². The Bertz CT molecular complexity index is 1310. The Labute approximate surface area is 265 Å². The Morgan fingerprint density at radius 3 is 1.91 bits per heavy atom. The average molecular weight is 671 g/mol. The minimum absolute atomic E-state index is 0.219. The van der Waals surface area contributed by atoms with Gasteiger partial charge in [-0.1, -0.05) is 0 Å². The zero-order chi connectivity index (χ0) is 35.7.